The van der Waals surface area contributed by atoms with E-state index < -0.39 is 12.5 Å². The second-order valence-corrected chi connectivity index (χ2v) is 4.78. The summed E-state index contributed by atoms with van der Waals surface area (Å²) >= 11 is 0. The Morgan fingerprint density at radius 3 is 2.68 bits per heavy atom. The third-order valence-electron chi connectivity index (χ3n) is 3.05. The lowest BCUT2D eigenvalue weighted by atomic mass is 10.2. The maximum Gasteiger partial charge on any atom is 0.387 e. The number of hydrogen-bond donors (Lipinski definition) is 2. The highest BCUT2D eigenvalue weighted by molar-refractivity contribution is 5.96. The number of rotatable bonds is 7. The summed E-state index contributed by atoms with van der Waals surface area (Å²) in [5.41, 5.74) is 0.0466. The second kappa shape index (κ2) is 7.06. The maximum atomic E-state index is 12.3. The van der Waals surface area contributed by atoms with Crippen LogP contribution in [0.2, 0.25) is 0 Å². The molecule has 1 aliphatic carbocycles. The lowest BCUT2D eigenvalue weighted by Crippen LogP contribution is -2.33. The number of ether oxygens (including phenoxy) is 2. The first-order valence-corrected chi connectivity index (χ1v) is 6.70. The fourth-order valence-electron chi connectivity index (χ4n) is 1.78. The zero-order chi connectivity index (χ0) is 16.1. The van der Waals surface area contributed by atoms with Gasteiger partial charge in [-0.3, -0.25) is 9.59 Å². The standard InChI is InChI=1S/C14H16F2N2O4/c1-21-9-4-5-11(22-14(15)16)10(6-9)18-12(19)7-17-13(20)8-2-3-8/h4-6,8,14H,2-3,7H2,1H3,(H,17,20)(H,18,19). The van der Waals surface area contributed by atoms with Gasteiger partial charge in [0, 0.05) is 12.0 Å². The molecule has 0 unspecified atom stereocenters. The fraction of sp³-hybridized carbons (Fsp3) is 0.429. The van der Waals surface area contributed by atoms with E-state index in [2.05, 4.69) is 15.4 Å². The Kier molecular flexibility index (Phi) is 5.13. The Bertz CT molecular complexity index is 562. The summed E-state index contributed by atoms with van der Waals surface area (Å²) in [6, 6.07) is 4.06. The summed E-state index contributed by atoms with van der Waals surface area (Å²) in [4.78, 5) is 23.2. The van der Waals surface area contributed by atoms with Crippen LogP contribution in [0, 0.1) is 5.92 Å². The summed E-state index contributed by atoms with van der Waals surface area (Å²) in [5, 5.41) is 4.90. The first kappa shape index (κ1) is 16.0. The first-order valence-electron chi connectivity index (χ1n) is 6.70. The summed E-state index contributed by atoms with van der Waals surface area (Å²) in [7, 11) is 1.41. The van der Waals surface area contributed by atoms with Crippen molar-refractivity contribution >= 4 is 17.5 Å². The molecule has 0 aliphatic heterocycles. The van der Waals surface area contributed by atoms with Crippen molar-refractivity contribution in [3.63, 3.8) is 0 Å². The van der Waals surface area contributed by atoms with E-state index in [4.69, 9.17) is 4.74 Å². The van der Waals surface area contributed by atoms with Crippen molar-refractivity contribution in [3.8, 4) is 11.5 Å². The average molecular weight is 314 g/mol. The molecule has 22 heavy (non-hydrogen) atoms. The van der Waals surface area contributed by atoms with Gasteiger partial charge in [-0.15, -0.1) is 0 Å². The SMILES string of the molecule is COc1ccc(OC(F)F)c(NC(=O)CNC(=O)C2CC2)c1. The highest BCUT2D eigenvalue weighted by Crippen LogP contribution is 2.30. The highest BCUT2D eigenvalue weighted by atomic mass is 19.3. The third kappa shape index (κ3) is 4.57. The zero-order valence-corrected chi connectivity index (χ0v) is 11.9. The van der Waals surface area contributed by atoms with Gasteiger partial charge in [-0.25, -0.2) is 0 Å². The molecule has 2 rings (SSSR count). The molecule has 1 fully saturated rings. The van der Waals surface area contributed by atoms with E-state index in [9.17, 15) is 18.4 Å². The Morgan fingerprint density at radius 1 is 1.36 bits per heavy atom. The summed E-state index contributed by atoms with van der Waals surface area (Å²) in [5.74, 6) is -0.537. The Balaban J connectivity index is 1.98. The predicted octanol–water partition coefficient (Wildman–Crippen LogP) is 1.76. The third-order valence-corrected chi connectivity index (χ3v) is 3.05. The van der Waals surface area contributed by atoms with E-state index in [-0.39, 0.29) is 29.8 Å². The van der Waals surface area contributed by atoms with Gasteiger partial charge in [0.2, 0.25) is 11.8 Å². The van der Waals surface area contributed by atoms with E-state index in [1.54, 1.807) is 0 Å². The summed E-state index contributed by atoms with van der Waals surface area (Å²) < 4.78 is 34.0. The molecule has 2 N–H and O–H groups in total. The minimum absolute atomic E-state index is 0.0117. The first-order chi connectivity index (χ1) is 10.5. The van der Waals surface area contributed by atoms with Crippen molar-refractivity contribution in [1.29, 1.82) is 0 Å². The lowest BCUT2D eigenvalue weighted by Gasteiger charge is -2.13. The number of carbonyl (C=O) groups excluding carboxylic acids is 2. The molecule has 1 aromatic carbocycles. The van der Waals surface area contributed by atoms with Crippen LogP contribution >= 0.6 is 0 Å². The molecule has 0 aromatic heterocycles. The van der Waals surface area contributed by atoms with Gasteiger partial charge >= 0.3 is 6.61 Å². The number of hydrogen-bond acceptors (Lipinski definition) is 4. The van der Waals surface area contributed by atoms with Crippen molar-refractivity contribution in [2.24, 2.45) is 5.92 Å². The number of halogens is 2. The molecule has 0 saturated heterocycles. The molecular weight excluding hydrogens is 298 g/mol. The molecule has 0 atom stereocenters. The topological polar surface area (TPSA) is 76.7 Å². The van der Waals surface area contributed by atoms with Crippen LogP contribution in [-0.2, 0) is 9.59 Å². The van der Waals surface area contributed by atoms with Gasteiger partial charge in [-0.1, -0.05) is 0 Å². The van der Waals surface area contributed by atoms with Crippen LogP contribution in [0.25, 0.3) is 0 Å². The number of anilines is 1. The molecule has 0 heterocycles. The van der Waals surface area contributed by atoms with E-state index in [0.717, 1.165) is 12.8 Å². The Labute approximate surface area is 125 Å². The van der Waals surface area contributed by atoms with Gasteiger partial charge in [0.1, 0.15) is 11.5 Å². The Hall–Kier alpha value is -2.38. The largest absolute Gasteiger partial charge is 0.497 e. The van der Waals surface area contributed by atoms with Gasteiger partial charge in [0.25, 0.3) is 0 Å². The molecule has 0 spiro atoms. The van der Waals surface area contributed by atoms with Crippen LogP contribution in [0.15, 0.2) is 18.2 Å². The van der Waals surface area contributed by atoms with E-state index in [0.29, 0.717) is 5.75 Å². The Morgan fingerprint density at radius 2 is 2.09 bits per heavy atom. The van der Waals surface area contributed by atoms with Crippen molar-refractivity contribution in [1.82, 2.24) is 5.32 Å². The molecular formula is C14H16F2N2O4. The van der Waals surface area contributed by atoms with Crippen LogP contribution in [-0.4, -0.2) is 32.1 Å². The normalized spacial score (nSPS) is 13.6. The van der Waals surface area contributed by atoms with Gasteiger partial charge in [0.15, 0.2) is 0 Å². The average Bonchev–Trinajstić information content (AvgIpc) is 3.30. The van der Waals surface area contributed by atoms with E-state index >= 15 is 0 Å². The monoisotopic (exact) mass is 314 g/mol. The smallest absolute Gasteiger partial charge is 0.387 e. The van der Waals surface area contributed by atoms with Crippen molar-refractivity contribution < 1.29 is 27.8 Å². The maximum absolute atomic E-state index is 12.3. The van der Waals surface area contributed by atoms with E-state index in [1.807, 2.05) is 0 Å². The second-order valence-electron chi connectivity index (χ2n) is 4.78. The summed E-state index contributed by atoms with van der Waals surface area (Å²) in [6.07, 6.45) is 1.66. The van der Waals surface area contributed by atoms with Crippen molar-refractivity contribution in [2.75, 3.05) is 19.0 Å². The number of amides is 2. The van der Waals surface area contributed by atoms with Crippen molar-refractivity contribution in [2.45, 2.75) is 19.5 Å². The number of methoxy groups -OCH3 is 1. The molecule has 2 amide bonds. The zero-order valence-electron chi connectivity index (χ0n) is 11.9. The van der Waals surface area contributed by atoms with Gasteiger partial charge in [0.05, 0.1) is 19.3 Å². The summed E-state index contributed by atoms with van der Waals surface area (Å²) in [6.45, 7) is -3.25. The lowest BCUT2D eigenvalue weighted by molar-refractivity contribution is -0.125. The van der Waals surface area contributed by atoms with Crippen molar-refractivity contribution in [3.05, 3.63) is 18.2 Å². The molecule has 6 nitrogen and oxygen atoms in total. The van der Waals surface area contributed by atoms with Gasteiger partial charge < -0.3 is 20.1 Å². The minimum atomic E-state index is -3.02. The molecule has 1 saturated carbocycles. The van der Waals surface area contributed by atoms with Crippen LogP contribution in [0.1, 0.15) is 12.8 Å². The molecule has 1 aliphatic rings. The van der Waals surface area contributed by atoms with Gasteiger partial charge in [-0.2, -0.15) is 8.78 Å². The van der Waals surface area contributed by atoms with Gasteiger partial charge in [-0.05, 0) is 25.0 Å². The number of carbonyl (C=O) groups is 2. The van der Waals surface area contributed by atoms with Crippen LogP contribution in [0.3, 0.4) is 0 Å². The fourth-order valence-corrected chi connectivity index (χ4v) is 1.78. The minimum Gasteiger partial charge on any atom is -0.497 e. The molecule has 0 bridgehead atoms. The predicted molar refractivity (Wildman–Crippen MR) is 74.0 cm³/mol. The van der Waals surface area contributed by atoms with E-state index in [1.165, 1.54) is 25.3 Å². The van der Waals surface area contributed by atoms with Crippen LogP contribution in [0.4, 0.5) is 14.5 Å². The highest BCUT2D eigenvalue weighted by Gasteiger charge is 2.29. The molecule has 120 valence electrons. The quantitative estimate of drug-likeness (QED) is 0.804. The number of benzene rings is 1. The van der Waals surface area contributed by atoms with Crippen LogP contribution < -0.4 is 20.1 Å². The number of alkyl halides is 2. The molecule has 0 radical (unpaired) electrons. The molecule has 8 heteroatoms. The van der Waals surface area contributed by atoms with Crippen LogP contribution in [0.5, 0.6) is 11.5 Å². The molecule has 1 aromatic rings. The number of nitrogens with one attached hydrogen (secondary N) is 2.